The first-order valence-electron chi connectivity index (χ1n) is 4.69. The molecule has 1 saturated heterocycles. The van der Waals surface area contributed by atoms with Gasteiger partial charge in [-0.25, -0.2) is 9.18 Å². The summed E-state index contributed by atoms with van der Waals surface area (Å²) in [6, 6.07) is 5.89. The number of ether oxygens (including phenoxy) is 1. The van der Waals surface area contributed by atoms with Gasteiger partial charge in [0.2, 0.25) is 0 Å². The lowest BCUT2D eigenvalue weighted by atomic mass is 10.2. The van der Waals surface area contributed by atoms with Crippen molar-refractivity contribution in [3.8, 4) is 5.75 Å². The Morgan fingerprint density at radius 2 is 2.20 bits per heavy atom. The number of hydrogen-bond donors (Lipinski definition) is 2. The molecule has 2 N–H and O–H groups in total. The highest BCUT2D eigenvalue weighted by Crippen LogP contribution is 2.15. The molecule has 1 aliphatic rings. The van der Waals surface area contributed by atoms with Gasteiger partial charge < -0.3 is 15.4 Å². The Morgan fingerprint density at radius 3 is 2.80 bits per heavy atom. The van der Waals surface area contributed by atoms with E-state index in [0.29, 0.717) is 0 Å². The first kappa shape index (κ1) is 9.92. The molecule has 0 unspecified atom stereocenters. The molecular formula is C10H11FN2O2. The maximum atomic E-state index is 13.1. The minimum Gasteiger partial charge on any atom is -0.407 e. The van der Waals surface area contributed by atoms with Crippen LogP contribution in [0.3, 0.4) is 0 Å². The summed E-state index contributed by atoms with van der Waals surface area (Å²) in [6.07, 6.45) is -0.619. The SMILES string of the molecule is O=C(NC1CNC1)Oc1ccccc1F. The number of carbonyl (C=O) groups excluding carboxylic acids is 1. The van der Waals surface area contributed by atoms with E-state index in [2.05, 4.69) is 10.6 Å². The number of para-hydroxylation sites is 1. The topological polar surface area (TPSA) is 50.4 Å². The molecule has 0 radical (unpaired) electrons. The summed E-state index contributed by atoms with van der Waals surface area (Å²) in [4.78, 5) is 11.2. The predicted molar refractivity (Wildman–Crippen MR) is 52.2 cm³/mol. The van der Waals surface area contributed by atoms with Gasteiger partial charge in [0.15, 0.2) is 11.6 Å². The lowest BCUT2D eigenvalue weighted by Gasteiger charge is -2.27. The van der Waals surface area contributed by atoms with Crippen LogP contribution in [0, 0.1) is 5.82 Å². The number of hydrogen-bond acceptors (Lipinski definition) is 3. The lowest BCUT2D eigenvalue weighted by Crippen LogP contribution is -2.57. The minimum absolute atomic E-state index is 0.0534. The van der Waals surface area contributed by atoms with E-state index in [1.807, 2.05) is 0 Å². The van der Waals surface area contributed by atoms with Crippen LogP contribution in [0.1, 0.15) is 0 Å². The summed E-state index contributed by atoms with van der Waals surface area (Å²) in [7, 11) is 0. The molecule has 1 heterocycles. The monoisotopic (exact) mass is 210 g/mol. The van der Waals surface area contributed by atoms with Gasteiger partial charge in [-0.1, -0.05) is 12.1 Å². The largest absolute Gasteiger partial charge is 0.413 e. The Balaban J connectivity index is 1.90. The summed E-state index contributed by atoms with van der Waals surface area (Å²) < 4.78 is 17.9. The van der Waals surface area contributed by atoms with Crippen molar-refractivity contribution < 1.29 is 13.9 Å². The van der Waals surface area contributed by atoms with Gasteiger partial charge in [-0.3, -0.25) is 0 Å². The number of carbonyl (C=O) groups is 1. The standard InChI is InChI=1S/C10H11FN2O2/c11-8-3-1-2-4-9(8)15-10(14)13-7-5-12-6-7/h1-4,7,12H,5-6H2,(H,13,14). The fourth-order valence-corrected chi connectivity index (χ4v) is 1.21. The Hall–Kier alpha value is -1.62. The first-order chi connectivity index (χ1) is 7.25. The molecule has 80 valence electrons. The summed E-state index contributed by atoms with van der Waals surface area (Å²) >= 11 is 0. The maximum Gasteiger partial charge on any atom is 0.413 e. The maximum absolute atomic E-state index is 13.1. The zero-order valence-electron chi connectivity index (χ0n) is 8.00. The fraction of sp³-hybridized carbons (Fsp3) is 0.300. The van der Waals surface area contributed by atoms with Crippen LogP contribution >= 0.6 is 0 Å². The van der Waals surface area contributed by atoms with Crippen LogP contribution in [0.4, 0.5) is 9.18 Å². The third kappa shape index (κ3) is 2.44. The van der Waals surface area contributed by atoms with Gasteiger partial charge in [0.1, 0.15) is 0 Å². The Kier molecular flexibility index (Phi) is 2.82. The van der Waals surface area contributed by atoms with Crippen LogP contribution in [0.2, 0.25) is 0 Å². The highest BCUT2D eigenvalue weighted by atomic mass is 19.1. The van der Waals surface area contributed by atoms with E-state index in [1.54, 1.807) is 6.07 Å². The van der Waals surface area contributed by atoms with Crippen LogP contribution in [-0.4, -0.2) is 25.2 Å². The van der Waals surface area contributed by atoms with Crippen LogP contribution in [0.5, 0.6) is 5.75 Å². The molecule has 0 atom stereocenters. The van der Waals surface area contributed by atoms with Gasteiger partial charge >= 0.3 is 6.09 Å². The van der Waals surface area contributed by atoms with Crippen molar-refractivity contribution in [2.45, 2.75) is 6.04 Å². The Labute approximate surface area is 86.4 Å². The molecule has 5 heteroatoms. The smallest absolute Gasteiger partial charge is 0.407 e. The van der Waals surface area contributed by atoms with Crippen LogP contribution in [-0.2, 0) is 0 Å². The molecule has 1 aromatic rings. The fourth-order valence-electron chi connectivity index (χ4n) is 1.21. The molecule has 1 aromatic carbocycles. The van der Waals surface area contributed by atoms with E-state index in [1.165, 1.54) is 18.2 Å². The summed E-state index contributed by atoms with van der Waals surface area (Å²) in [5.74, 6) is -0.596. The van der Waals surface area contributed by atoms with Gasteiger partial charge in [0.05, 0.1) is 6.04 Å². The predicted octanol–water partition coefficient (Wildman–Crippen LogP) is 0.886. The molecule has 0 bridgehead atoms. The molecule has 1 fully saturated rings. The number of amides is 1. The molecule has 0 saturated carbocycles. The average Bonchev–Trinajstić information content (AvgIpc) is 2.16. The molecule has 0 spiro atoms. The van der Waals surface area contributed by atoms with Gasteiger partial charge in [-0.15, -0.1) is 0 Å². The first-order valence-corrected chi connectivity index (χ1v) is 4.69. The van der Waals surface area contributed by atoms with Crippen molar-refractivity contribution in [1.82, 2.24) is 10.6 Å². The average molecular weight is 210 g/mol. The number of benzene rings is 1. The molecule has 0 aliphatic carbocycles. The molecular weight excluding hydrogens is 199 g/mol. The third-order valence-corrected chi connectivity index (χ3v) is 2.14. The van der Waals surface area contributed by atoms with Gasteiger partial charge in [-0.05, 0) is 12.1 Å². The van der Waals surface area contributed by atoms with Crippen molar-refractivity contribution >= 4 is 6.09 Å². The molecule has 1 aliphatic heterocycles. The van der Waals surface area contributed by atoms with E-state index in [0.717, 1.165) is 13.1 Å². The van der Waals surface area contributed by atoms with Crippen LogP contribution in [0.15, 0.2) is 24.3 Å². The lowest BCUT2D eigenvalue weighted by molar-refractivity contribution is 0.188. The van der Waals surface area contributed by atoms with Crippen molar-refractivity contribution in [3.05, 3.63) is 30.1 Å². The number of halogens is 1. The Bertz CT molecular complexity index is 366. The van der Waals surface area contributed by atoms with Gasteiger partial charge in [0.25, 0.3) is 0 Å². The van der Waals surface area contributed by atoms with E-state index in [-0.39, 0.29) is 11.8 Å². The van der Waals surface area contributed by atoms with E-state index in [4.69, 9.17) is 4.74 Å². The molecule has 4 nitrogen and oxygen atoms in total. The second-order valence-electron chi connectivity index (χ2n) is 3.32. The zero-order valence-corrected chi connectivity index (χ0v) is 8.00. The van der Waals surface area contributed by atoms with E-state index in [9.17, 15) is 9.18 Å². The van der Waals surface area contributed by atoms with Crippen molar-refractivity contribution in [3.63, 3.8) is 0 Å². The number of rotatable bonds is 2. The van der Waals surface area contributed by atoms with Crippen LogP contribution < -0.4 is 15.4 Å². The molecule has 1 amide bonds. The summed E-state index contributed by atoms with van der Waals surface area (Å²) in [5.41, 5.74) is 0. The van der Waals surface area contributed by atoms with E-state index < -0.39 is 11.9 Å². The quantitative estimate of drug-likeness (QED) is 0.762. The Morgan fingerprint density at radius 1 is 1.47 bits per heavy atom. The third-order valence-electron chi connectivity index (χ3n) is 2.14. The highest BCUT2D eigenvalue weighted by molar-refractivity contribution is 5.70. The van der Waals surface area contributed by atoms with Crippen molar-refractivity contribution in [1.29, 1.82) is 0 Å². The zero-order chi connectivity index (χ0) is 10.7. The van der Waals surface area contributed by atoms with E-state index >= 15 is 0 Å². The van der Waals surface area contributed by atoms with Crippen molar-refractivity contribution in [2.75, 3.05) is 13.1 Å². The second kappa shape index (κ2) is 4.27. The molecule has 0 aromatic heterocycles. The van der Waals surface area contributed by atoms with Gasteiger partial charge in [-0.2, -0.15) is 0 Å². The minimum atomic E-state index is -0.619. The number of nitrogens with one attached hydrogen (secondary N) is 2. The summed E-state index contributed by atoms with van der Waals surface area (Å²) in [6.45, 7) is 1.46. The van der Waals surface area contributed by atoms with Crippen molar-refractivity contribution in [2.24, 2.45) is 0 Å². The van der Waals surface area contributed by atoms with Crippen LogP contribution in [0.25, 0.3) is 0 Å². The normalized spacial score (nSPS) is 15.5. The van der Waals surface area contributed by atoms with Gasteiger partial charge in [0, 0.05) is 13.1 Å². The summed E-state index contributed by atoms with van der Waals surface area (Å²) in [5, 5.41) is 5.60. The second-order valence-corrected chi connectivity index (χ2v) is 3.32. The molecule has 2 rings (SSSR count). The highest BCUT2D eigenvalue weighted by Gasteiger charge is 2.20. The molecule has 15 heavy (non-hydrogen) atoms.